The fourth-order valence-electron chi connectivity index (χ4n) is 2.87. The van der Waals surface area contributed by atoms with Gasteiger partial charge in [-0.1, -0.05) is 35.9 Å². The molecule has 0 aromatic heterocycles. The Balaban J connectivity index is 1.54. The highest BCUT2D eigenvalue weighted by molar-refractivity contribution is 6.30. The Kier molecular flexibility index (Phi) is 5.91. The van der Waals surface area contributed by atoms with Gasteiger partial charge in [0.1, 0.15) is 0 Å². The van der Waals surface area contributed by atoms with Gasteiger partial charge in [-0.25, -0.2) is 4.79 Å². The van der Waals surface area contributed by atoms with Crippen molar-refractivity contribution in [2.24, 2.45) is 0 Å². The number of hydrogen-bond acceptors (Lipinski definition) is 3. The lowest BCUT2D eigenvalue weighted by Crippen LogP contribution is -2.39. The van der Waals surface area contributed by atoms with Crippen LogP contribution in [0.1, 0.15) is 16.7 Å². The quantitative estimate of drug-likeness (QED) is 0.853. The molecule has 0 saturated heterocycles. The number of benzene rings is 2. The van der Waals surface area contributed by atoms with E-state index in [9.17, 15) is 4.79 Å². The van der Waals surface area contributed by atoms with Crippen molar-refractivity contribution < 1.29 is 14.3 Å². The first kappa shape index (κ1) is 17.7. The van der Waals surface area contributed by atoms with Gasteiger partial charge in [0.15, 0.2) is 0 Å². The third kappa shape index (κ3) is 4.72. The molecule has 132 valence electrons. The molecule has 0 radical (unpaired) electrons. The third-order valence-corrected chi connectivity index (χ3v) is 4.38. The van der Waals surface area contributed by atoms with Gasteiger partial charge in [-0.05, 0) is 29.3 Å². The predicted octanol–water partition coefficient (Wildman–Crippen LogP) is 3.75. The summed E-state index contributed by atoms with van der Waals surface area (Å²) in [5.74, 6) is 0. The predicted molar refractivity (Wildman–Crippen MR) is 97.9 cm³/mol. The van der Waals surface area contributed by atoms with E-state index >= 15 is 0 Å². The monoisotopic (exact) mass is 360 g/mol. The Morgan fingerprint density at radius 2 is 2.08 bits per heavy atom. The smallest absolute Gasteiger partial charge is 0.319 e. The minimum Gasteiger partial charge on any atom is -0.380 e. The van der Waals surface area contributed by atoms with Crippen molar-refractivity contribution in [2.75, 3.05) is 19.0 Å². The summed E-state index contributed by atoms with van der Waals surface area (Å²) < 4.78 is 10.9. The van der Waals surface area contributed by atoms with Crippen LogP contribution in [0.2, 0.25) is 5.02 Å². The lowest BCUT2D eigenvalue weighted by Gasteiger charge is -2.25. The molecule has 0 bridgehead atoms. The molecule has 3 rings (SSSR count). The molecule has 25 heavy (non-hydrogen) atoms. The fourth-order valence-corrected chi connectivity index (χ4v) is 3.07. The highest BCUT2D eigenvalue weighted by Gasteiger charge is 2.19. The lowest BCUT2D eigenvalue weighted by molar-refractivity contribution is 0.0308. The van der Waals surface area contributed by atoms with Crippen LogP contribution in [0.25, 0.3) is 0 Å². The second-order valence-electron chi connectivity index (χ2n) is 5.98. The summed E-state index contributed by atoms with van der Waals surface area (Å²) >= 11 is 5.99. The lowest BCUT2D eigenvalue weighted by atomic mass is 9.99. The molecular weight excluding hydrogens is 340 g/mol. The van der Waals surface area contributed by atoms with Gasteiger partial charge in [-0.3, -0.25) is 0 Å². The average Bonchev–Trinajstić information content (AvgIpc) is 2.62. The molecule has 1 aliphatic heterocycles. The third-order valence-electron chi connectivity index (χ3n) is 4.15. The van der Waals surface area contributed by atoms with Crippen LogP contribution in [-0.4, -0.2) is 25.8 Å². The fraction of sp³-hybridized carbons (Fsp3) is 0.316. The van der Waals surface area contributed by atoms with Crippen molar-refractivity contribution in [2.45, 2.75) is 25.7 Å². The Morgan fingerprint density at radius 3 is 2.88 bits per heavy atom. The maximum atomic E-state index is 12.2. The van der Waals surface area contributed by atoms with Crippen LogP contribution in [0.4, 0.5) is 10.5 Å². The minimum atomic E-state index is -0.276. The first-order valence-electron chi connectivity index (χ1n) is 8.16. The molecule has 0 spiro atoms. The SMILES string of the molecule is COCc1cc(Cl)ccc1NC(=O)NC[C@@H]1Cc2ccccc2CO1. The number of urea groups is 1. The van der Waals surface area contributed by atoms with Gasteiger partial charge in [-0.15, -0.1) is 0 Å². The molecule has 2 aromatic carbocycles. The Hall–Kier alpha value is -2.08. The normalized spacial score (nSPS) is 16.2. The van der Waals surface area contributed by atoms with E-state index in [0.717, 1.165) is 12.0 Å². The number of nitrogens with one attached hydrogen (secondary N) is 2. The van der Waals surface area contributed by atoms with E-state index in [1.807, 2.05) is 12.1 Å². The molecule has 0 fully saturated rings. The molecule has 0 unspecified atom stereocenters. The summed E-state index contributed by atoms with van der Waals surface area (Å²) in [4.78, 5) is 12.2. The standard InChI is InChI=1S/C19H21ClN2O3/c1-24-11-15-8-16(20)6-7-18(15)22-19(23)21-10-17-9-13-4-2-3-5-14(13)12-25-17/h2-8,17H,9-12H2,1H3,(H2,21,22,23)/t17-/m0/s1. The van der Waals surface area contributed by atoms with E-state index in [0.29, 0.717) is 30.5 Å². The zero-order chi connectivity index (χ0) is 17.6. The largest absolute Gasteiger partial charge is 0.380 e. The van der Waals surface area contributed by atoms with E-state index in [2.05, 4.69) is 22.8 Å². The topological polar surface area (TPSA) is 59.6 Å². The van der Waals surface area contributed by atoms with Crippen LogP contribution in [0.3, 0.4) is 0 Å². The second kappa shape index (κ2) is 8.34. The maximum absolute atomic E-state index is 12.2. The van der Waals surface area contributed by atoms with E-state index in [1.165, 1.54) is 11.1 Å². The number of hydrogen-bond donors (Lipinski definition) is 2. The average molecular weight is 361 g/mol. The van der Waals surface area contributed by atoms with E-state index in [1.54, 1.807) is 25.3 Å². The number of methoxy groups -OCH3 is 1. The number of carbonyl (C=O) groups excluding carboxylic acids is 1. The van der Waals surface area contributed by atoms with E-state index < -0.39 is 0 Å². The van der Waals surface area contributed by atoms with Crippen LogP contribution in [0.15, 0.2) is 42.5 Å². The molecule has 2 N–H and O–H groups in total. The molecule has 5 nitrogen and oxygen atoms in total. The van der Waals surface area contributed by atoms with Gasteiger partial charge in [0.25, 0.3) is 0 Å². The number of anilines is 1. The number of amides is 2. The molecule has 1 heterocycles. The molecule has 0 saturated carbocycles. The van der Waals surface area contributed by atoms with Crippen molar-refractivity contribution in [3.63, 3.8) is 0 Å². The highest BCUT2D eigenvalue weighted by Crippen LogP contribution is 2.22. The second-order valence-corrected chi connectivity index (χ2v) is 6.41. The Morgan fingerprint density at radius 1 is 1.28 bits per heavy atom. The molecule has 0 aliphatic carbocycles. The van der Waals surface area contributed by atoms with Gasteiger partial charge < -0.3 is 20.1 Å². The first-order chi connectivity index (χ1) is 12.2. The van der Waals surface area contributed by atoms with Crippen LogP contribution in [-0.2, 0) is 29.1 Å². The minimum absolute atomic E-state index is 0.0238. The van der Waals surface area contributed by atoms with Crippen LogP contribution >= 0.6 is 11.6 Å². The van der Waals surface area contributed by atoms with Crippen molar-refractivity contribution in [3.8, 4) is 0 Å². The maximum Gasteiger partial charge on any atom is 0.319 e. The Labute approximate surface area is 152 Å². The van der Waals surface area contributed by atoms with Gasteiger partial charge in [0.2, 0.25) is 0 Å². The van der Waals surface area contributed by atoms with Gasteiger partial charge >= 0.3 is 6.03 Å². The van der Waals surface area contributed by atoms with Crippen LogP contribution in [0, 0.1) is 0 Å². The summed E-state index contributed by atoms with van der Waals surface area (Å²) in [6.07, 6.45) is 0.774. The zero-order valence-corrected chi connectivity index (χ0v) is 14.8. The number of rotatable bonds is 5. The van der Waals surface area contributed by atoms with Crippen molar-refractivity contribution in [3.05, 3.63) is 64.2 Å². The van der Waals surface area contributed by atoms with Gasteiger partial charge in [0, 0.05) is 36.3 Å². The zero-order valence-electron chi connectivity index (χ0n) is 14.0. The number of fused-ring (bicyclic) bond motifs is 1. The van der Waals surface area contributed by atoms with Crippen molar-refractivity contribution >= 4 is 23.3 Å². The highest BCUT2D eigenvalue weighted by atomic mass is 35.5. The molecule has 1 atom stereocenters. The Bertz CT molecular complexity index is 751. The number of ether oxygens (including phenoxy) is 2. The molecule has 2 aromatic rings. The number of carbonyl (C=O) groups is 1. The summed E-state index contributed by atoms with van der Waals surface area (Å²) in [7, 11) is 1.60. The molecule has 6 heteroatoms. The molecule has 2 amide bonds. The van der Waals surface area contributed by atoms with Crippen LogP contribution in [0.5, 0.6) is 0 Å². The summed E-state index contributed by atoms with van der Waals surface area (Å²) in [6, 6.07) is 13.2. The van der Waals surface area contributed by atoms with E-state index in [4.69, 9.17) is 21.1 Å². The first-order valence-corrected chi connectivity index (χ1v) is 8.54. The summed E-state index contributed by atoms with van der Waals surface area (Å²) in [5.41, 5.74) is 4.00. The summed E-state index contributed by atoms with van der Waals surface area (Å²) in [6.45, 7) is 1.41. The van der Waals surface area contributed by atoms with E-state index in [-0.39, 0.29) is 12.1 Å². The van der Waals surface area contributed by atoms with Crippen molar-refractivity contribution in [1.82, 2.24) is 5.32 Å². The number of halogens is 1. The molecule has 1 aliphatic rings. The van der Waals surface area contributed by atoms with Gasteiger partial charge in [-0.2, -0.15) is 0 Å². The summed E-state index contributed by atoms with van der Waals surface area (Å²) in [5, 5.41) is 6.31. The van der Waals surface area contributed by atoms with Crippen molar-refractivity contribution in [1.29, 1.82) is 0 Å². The van der Waals surface area contributed by atoms with Gasteiger partial charge in [0.05, 0.1) is 19.3 Å². The van der Waals surface area contributed by atoms with Crippen LogP contribution < -0.4 is 10.6 Å². The molecular formula is C19H21ClN2O3.